The quantitative estimate of drug-likeness (QED) is 0.575. The van der Waals surface area contributed by atoms with Crippen molar-refractivity contribution < 1.29 is 19.2 Å². The van der Waals surface area contributed by atoms with Gasteiger partial charge in [0.1, 0.15) is 18.6 Å². The van der Waals surface area contributed by atoms with Gasteiger partial charge in [-0.1, -0.05) is 41.9 Å². The van der Waals surface area contributed by atoms with E-state index in [9.17, 15) is 19.2 Å². The number of nitrogens with zero attached hydrogens (tertiary/aromatic N) is 2. The summed E-state index contributed by atoms with van der Waals surface area (Å²) in [7, 11) is 0. The van der Waals surface area contributed by atoms with Crippen molar-refractivity contribution in [3.8, 4) is 0 Å². The van der Waals surface area contributed by atoms with Gasteiger partial charge in [0.2, 0.25) is 17.7 Å². The summed E-state index contributed by atoms with van der Waals surface area (Å²) in [5, 5.41) is 5.60. The molecule has 1 saturated heterocycles. The van der Waals surface area contributed by atoms with Gasteiger partial charge in [-0.15, -0.1) is 11.8 Å². The van der Waals surface area contributed by atoms with Crippen LogP contribution in [0.1, 0.15) is 37.5 Å². The number of benzene rings is 2. The van der Waals surface area contributed by atoms with E-state index in [1.54, 1.807) is 23.1 Å². The molecule has 0 saturated carbocycles. The van der Waals surface area contributed by atoms with E-state index < -0.39 is 29.1 Å². The van der Waals surface area contributed by atoms with Gasteiger partial charge >= 0.3 is 0 Å². The molecular weight excluding hydrogens is 500 g/mol. The molecule has 2 aromatic rings. The van der Waals surface area contributed by atoms with E-state index in [1.807, 2.05) is 44.2 Å². The van der Waals surface area contributed by atoms with Crippen LogP contribution in [0.25, 0.3) is 0 Å². The Morgan fingerprint density at radius 1 is 1.14 bits per heavy atom. The van der Waals surface area contributed by atoms with Crippen molar-refractivity contribution >= 4 is 52.7 Å². The molecule has 2 heterocycles. The monoisotopic (exact) mass is 528 g/mol. The number of fused-ring (bicyclic) bond motifs is 1. The van der Waals surface area contributed by atoms with Gasteiger partial charge in [0.25, 0.3) is 5.91 Å². The fraction of sp³-hybridized carbons (Fsp3) is 0.385. The predicted octanol–water partition coefficient (Wildman–Crippen LogP) is 3.15. The minimum atomic E-state index is -0.974. The minimum absolute atomic E-state index is 0.163. The van der Waals surface area contributed by atoms with Crippen molar-refractivity contribution in [3.63, 3.8) is 0 Å². The number of hydrogen-bond donors (Lipinski definition) is 2. The van der Waals surface area contributed by atoms with E-state index in [4.69, 9.17) is 11.6 Å². The highest BCUT2D eigenvalue weighted by molar-refractivity contribution is 7.99. The second kappa shape index (κ2) is 11.3. The van der Waals surface area contributed by atoms with Crippen LogP contribution in [0.4, 0.5) is 5.69 Å². The number of nitrogens with one attached hydrogen (secondary N) is 2. The van der Waals surface area contributed by atoms with Crippen LogP contribution in [0, 0.1) is 0 Å². The smallest absolute Gasteiger partial charge is 0.251 e. The molecule has 10 heteroatoms. The third-order valence-corrected chi connectivity index (χ3v) is 8.06. The zero-order valence-electron chi connectivity index (χ0n) is 20.2. The molecule has 0 spiro atoms. The summed E-state index contributed by atoms with van der Waals surface area (Å²) < 4.78 is 0. The predicted molar refractivity (Wildman–Crippen MR) is 140 cm³/mol. The Kier molecular flexibility index (Phi) is 8.21. The van der Waals surface area contributed by atoms with Crippen molar-refractivity contribution in [1.82, 2.24) is 15.5 Å². The van der Waals surface area contributed by atoms with E-state index in [0.717, 1.165) is 10.5 Å². The molecule has 0 unspecified atom stereocenters. The molecule has 2 aliphatic rings. The molecule has 2 aromatic carbocycles. The van der Waals surface area contributed by atoms with Crippen molar-refractivity contribution in [1.29, 1.82) is 0 Å². The second-order valence-corrected chi connectivity index (χ2v) is 10.3. The maximum atomic E-state index is 14.1. The zero-order valence-corrected chi connectivity index (χ0v) is 21.8. The van der Waals surface area contributed by atoms with E-state index in [0.29, 0.717) is 30.2 Å². The van der Waals surface area contributed by atoms with Gasteiger partial charge in [0.15, 0.2) is 0 Å². The highest BCUT2D eigenvalue weighted by Crippen LogP contribution is 2.46. The molecule has 2 aliphatic heterocycles. The van der Waals surface area contributed by atoms with Gasteiger partial charge in [-0.3, -0.25) is 19.2 Å². The number of halogens is 1. The van der Waals surface area contributed by atoms with Crippen LogP contribution in [0.15, 0.2) is 53.4 Å². The van der Waals surface area contributed by atoms with Gasteiger partial charge in [-0.05, 0) is 44.0 Å². The Morgan fingerprint density at radius 3 is 2.50 bits per heavy atom. The van der Waals surface area contributed by atoms with Crippen molar-refractivity contribution in [2.75, 3.05) is 24.5 Å². The molecule has 36 heavy (non-hydrogen) atoms. The molecule has 1 fully saturated rings. The lowest BCUT2D eigenvalue weighted by Crippen LogP contribution is -2.55. The maximum Gasteiger partial charge on any atom is 0.251 e. The van der Waals surface area contributed by atoms with Crippen LogP contribution < -0.4 is 15.5 Å². The summed E-state index contributed by atoms with van der Waals surface area (Å²) in [4.78, 5) is 55.9. The Morgan fingerprint density at radius 2 is 1.86 bits per heavy atom. The zero-order chi connectivity index (χ0) is 25.8. The molecule has 0 radical (unpaired) electrons. The molecule has 2 N–H and O–H groups in total. The summed E-state index contributed by atoms with van der Waals surface area (Å²) in [6.45, 7) is 4.66. The van der Waals surface area contributed by atoms with Crippen molar-refractivity contribution in [3.05, 3.63) is 59.1 Å². The van der Waals surface area contributed by atoms with Gasteiger partial charge in [0, 0.05) is 29.4 Å². The van der Waals surface area contributed by atoms with Gasteiger partial charge in [0.05, 0.1) is 10.9 Å². The van der Waals surface area contributed by atoms with E-state index in [2.05, 4.69) is 10.6 Å². The highest BCUT2D eigenvalue weighted by atomic mass is 35.5. The lowest BCUT2D eigenvalue weighted by atomic mass is 10.0. The van der Waals surface area contributed by atoms with Crippen LogP contribution in [0.5, 0.6) is 0 Å². The summed E-state index contributed by atoms with van der Waals surface area (Å²) in [5.41, 5.74) is 1.42. The first kappa shape index (κ1) is 26.0. The van der Waals surface area contributed by atoms with Crippen molar-refractivity contribution in [2.24, 2.45) is 0 Å². The third kappa shape index (κ3) is 5.52. The second-order valence-electron chi connectivity index (χ2n) is 8.70. The number of likely N-dealkylation sites (N-methyl/N-ethyl adjacent to an activating group) is 1. The van der Waals surface area contributed by atoms with Crippen LogP contribution in [0.2, 0.25) is 5.02 Å². The molecule has 8 nitrogen and oxygen atoms in total. The first-order valence-corrected chi connectivity index (χ1v) is 13.3. The van der Waals surface area contributed by atoms with Crippen LogP contribution in [-0.2, 0) is 19.2 Å². The fourth-order valence-electron chi connectivity index (χ4n) is 4.51. The number of thioether (sulfide) groups is 1. The van der Waals surface area contributed by atoms with Crippen LogP contribution in [0.3, 0.4) is 0 Å². The van der Waals surface area contributed by atoms with E-state index in [1.165, 1.54) is 16.7 Å². The molecule has 0 aliphatic carbocycles. The molecular formula is C26H29ClN4O4S. The number of carbonyl (C=O) groups is 4. The average Bonchev–Trinajstić information content (AvgIpc) is 3.28. The van der Waals surface area contributed by atoms with Gasteiger partial charge in [-0.2, -0.15) is 0 Å². The molecule has 0 bridgehead atoms. The Bertz CT molecular complexity index is 1160. The summed E-state index contributed by atoms with van der Waals surface area (Å²) in [6.07, 6.45) is 0.636. The van der Waals surface area contributed by atoms with Crippen molar-refractivity contribution in [2.45, 2.75) is 48.9 Å². The van der Waals surface area contributed by atoms with Gasteiger partial charge in [-0.25, -0.2) is 0 Å². The molecule has 190 valence electrons. The summed E-state index contributed by atoms with van der Waals surface area (Å²) >= 11 is 7.75. The third-order valence-electron chi connectivity index (χ3n) is 6.45. The Balaban J connectivity index is 1.76. The lowest BCUT2D eigenvalue weighted by molar-refractivity contribution is -0.132. The number of hydrogen-bond acceptors (Lipinski definition) is 5. The summed E-state index contributed by atoms with van der Waals surface area (Å²) in [5.74, 6) is -1.19. The first-order valence-electron chi connectivity index (χ1n) is 12.0. The highest BCUT2D eigenvalue weighted by Gasteiger charge is 2.42. The minimum Gasteiger partial charge on any atom is -0.344 e. The molecule has 4 rings (SSSR count). The first-order chi connectivity index (χ1) is 17.3. The lowest BCUT2D eigenvalue weighted by Gasteiger charge is -2.30. The van der Waals surface area contributed by atoms with Crippen LogP contribution in [-0.4, -0.2) is 60.2 Å². The molecule has 4 amide bonds. The average molecular weight is 529 g/mol. The van der Waals surface area contributed by atoms with E-state index >= 15 is 0 Å². The summed E-state index contributed by atoms with van der Waals surface area (Å²) in [6, 6.07) is 13.0. The Hall–Kier alpha value is -3.04. The SMILES string of the molecule is CCN(CC)C(=O)CN1C(=O)[C@@H](NC(=O)[C@@H]2CCC(=O)N2)[C@@H](c2ccccc2)Sc2cc(Cl)ccc21. The number of amides is 4. The largest absolute Gasteiger partial charge is 0.344 e. The normalized spacial score (nSPS) is 21.4. The Labute approximate surface area is 219 Å². The molecule has 0 aromatic heterocycles. The number of rotatable bonds is 7. The van der Waals surface area contributed by atoms with Gasteiger partial charge < -0.3 is 20.4 Å². The van der Waals surface area contributed by atoms with Crippen LogP contribution >= 0.6 is 23.4 Å². The standard InChI is InChI=1S/C26H29ClN4O4S/c1-3-30(4-2)22(33)15-31-19-12-10-17(27)14-20(19)36-24(16-8-6-5-7-9-16)23(26(31)35)29-25(34)18-11-13-21(32)28-18/h5-10,12,14,18,23-24H,3-4,11,13,15H2,1-2H3,(H,28,32)(H,29,34)/t18-,23-,24+/m0/s1. The van der Waals surface area contributed by atoms with E-state index in [-0.39, 0.29) is 24.8 Å². The maximum absolute atomic E-state index is 14.1. The number of anilines is 1. The topological polar surface area (TPSA) is 98.8 Å². The number of carbonyl (C=O) groups excluding carboxylic acids is 4. The fourth-order valence-corrected chi connectivity index (χ4v) is 6.12. The molecule has 3 atom stereocenters.